The van der Waals surface area contributed by atoms with Crippen molar-refractivity contribution in [1.29, 1.82) is 0 Å². The number of carboxylic acids is 2. The van der Waals surface area contributed by atoms with Gasteiger partial charge in [0, 0.05) is 57.3 Å². The van der Waals surface area contributed by atoms with Gasteiger partial charge in [-0.2, -0.15) is 26.3 Å². The van der Waals surface area contributed by atoms with Gasteiger partial charge < -0.3 is 24.6 Å². The van der Waals surface area contributed by atoms with Gasteiger partial charge in [-0.1, -0.05) is 6.07 Å². The number of likely N-dealkylation sites (tertiary alicyclic amines) is 2. The summed E-state index contributed by atoms with van der Waals surface area (Å²) < 4.78 is 74.6. The number of carboxylic acid groups (broad SMARTS) is 2. The average molecular weight is 607 g/mol. The van der Waals surface area contributed by atoms with Gasteiger partial charge in [0.05, 0.1) is 6.61 Å². The molecule has 3 saturated heterocycles. The van der Waals surface area contributed by atoms with E-state index in [-0.39, 0.29) is 0 Å². The van der Waals surface area contributed by atoms with Crippen molar-refractivity contribution >= 4 is 23.3 Å². The lowest BCUT2D eigenvalue weighted by Gasteiger charge is -2.43. The first kappa shape index (κ1) is 34.3. The zero-order chi connectivity index (χ0) is 30.0. The molecule has 0 radical (unpaired) electrons. The van der Waals surface area contributed by atoms with E-state index in [1.807, 2.05) is 18.4 Å². The number of carbonyl (C=O) groups is 2. The monoisotopic (exact) mass is 606 g/mol. The lowest BCUT2D eigenvalue weighted by molar-refractivity contribution is -0.193. The molecule has 1 spiro atoms. The lowest BCUT2D eigenvalue weighted by Crippen LogP contribution is -2.46. The van der Waals surface area contributed by atoms with Crippen LogP contribution in [0.25, 0.3) is 0 Å². The van der Waals surface area contributed by atoms with E-state index in [2.05, 4.69) is 27.3 Å². The topological polar surface area (TPSA) is 99.5 Å². The molecule has 40 heavy (non-hydrogen) atoms. The molecule has 0 saturated carbocycles. The molecule has 4 heterocycles. The summed E-state index contributed by atoms with van der Waals surface area (Å²) in [4.78, 5) is 24.7. The number of halogens is 6. The molecule has 1 unspecified atom stereocenters. The Morgan fingerprint density at radius 3 is 2.05 bits per heavy atom. The molecule has 2 N–H and O–H groups in total. The molecule has 4 rings (SSSR count). The van der Waals surface area contributed by atoms with E-state index in [1.165, 1.54) is 63.3 Å². The highest BCUT2D eigenvalue weighted by Crippen LogP contribution is 2.45. The van der Waals surface area contributed by atoms with Crippen LogP contribution in [0.15, 0.2) is 17.5 Å². The predicted octanol–water partition coefficient (Wildman–Crippen LogP) is 4.60. The van der Waals surface area contributed by atoms with E-state index < -0.39 is 24.3 Å². The van der Waals surface area contributed by atoms with Crippen molar-refractivity contribution < 1.29 is 55.6 Å². The molecule has 0 aromatic carbocycles. The van der Waals surface area contributed by atoms with Crippen molar-refractivity contribution in [1.82, 2.24) is 9.80 Å². The number of thiophene rings is 1. The molecular weight excluding hydrogens is 570 g/mol. The van der Waals surface area contributed by atoms with Gasteiger partial charge in [0.2, 0.25) is 0 Å². The number of methoxy groups -OCH3 is 1. The molecule has 0 amide bonds. The molecule has 3 aliphatic heterocycles. The minimum absolute atomic E-state index is 0.472. The molecule has 1 aromatic rings. The Hall–Kier alpha value is -1.94. The van der Waals surface area contributed by atoms with Crippen LogP contribution in [-0.4, -0.2) is 104 Å². The van der Waals surface area contributed by atoms with Gasteiger partial charge in [0.1, 0.15) is 0 Å². The van der Waals surface area contributed by atoms with E-state index in [9.17, 15) is 26.3 Å². The molecule has 1 atom stereocenters. The first-order chi connectivity index (χ1) is 18.7. The number of piperidine rings is 1. The zero-order valence-electron chi connectivity index (χ0n) is 22.2. The Kier molecular flexibility index (Phi) is 13.1. The summed E-state index contributed by atoms with van der Waals surface area (Å²) in [7, 11) is 1.87. The minimum atomic E-state index is -5.08. The number of alkyl halides is 6. The largest absolute Gasteiger partial charge is 0.490 e. The minimum Gasteiger partial charge on any atom is -0.475 e. The summed E-state index contributed by atoms with van der Waals surface area (Å²) in [5.41, 5.74) is 0.472. The number of hydrogen-bond donors (Lipinski definition) is 2. The van der Waals surface area contributed by atoms with E-state index >= 15 is 0 Å². The smallest absolute Gasteiger partial charge is 0.475 e. The first-order valence-corrected chi connectivity index (χ1v) is 13.7. The van der Waals surface area contributed by atoms with Crippen LogP contribution < -0.4 is 0 Å². The van der Waals surface area contributed by atoms with Crippen LogP contribution in [-0.2, 0) is 25.6 Å². The number of ether oxygens (including phenoxy) is 2. The van der Waals surface area contributed by atoms with Crippen LogP contribution in [0.1, 0.15) is 30.6 Å². The van der Waals surface area contributed by atoms with Crippen LogP contribution >= 0.6 is 11.3 Å². The summed E-state index contributed by atoms with van der Waals surface area (Å²) in [5, 5.41) is 16.4. The van der Waals surface area contributed by atoms with Crippen molar-refractivity contribution in [2.45, 2.75) is 44.6 Å². The van der Waals surface area contributed by atoms with Gasteiger partial charge in [-0.15, -0.1) is 11.3 Å². The molecule has 8 nitrogen and oxygen atoms in total. The third-order valence-electron chi connectivity index (χ3n) is 7.40. The van der Waals surface area contributed by atoms with E-state index in [4.69, 9.17) is 29.3 Å². The maximum atomic E-state index is 10.6. The summed E-state index contributed by atoms with van der Waals surface area (Å²) >= 11 is 1.89. The third kappa shape index (κ3) is 11.1. The fraction of sp³-hybridized carbons (Fsp3) is 0.760. The highest BCUT2D eigenvalue weighted by molar-refractivity contribution is 7.09. The Bertz CT molecular complexity index is 877. The SMILES string of the molecule is COCC1CN(Cc2cccs2)CC12CCN(CC1CCOCC1)CC2.O=C(O)C(F)(F)F.O=C(O)C(F)(F)F. The van der Waals surface area contributed by atoms with Gasteiger partial charge in [0.25, 0.3) is 0 Å². The fourth-order valence-electron chi connectivity index (χ4n) is 5.36. The van der Waals surface area contributed by atoms with E-state index in [0.29, 0.717) is 11.3 Å². The summed E-state index contributed by atoms with van der Waals surface area (Å²) in [5.74, 6) is -3.97. The maximum absolute atomic E-state index is 10.6. The Morgan fingerprint density at radius 1 is 1.05 bits per heavy atom. The highest BCUT2D eigenvalue weighted by Gasteiger charge is 2.48. The van der Waals surface area contributed by atoms with Crippen LogP contribution in [0.4, 0.5) is 26.3 Å². The Balaban J connectivity index is 0.000000333. The number of aliphatic carboxylic acids is 2. The van der Waals surface area contributed by atoms with E-state index in [1.54, 1.807) is 0 Å². The fourth-order valence-corrected chi connectivity index (χ4v) is 6.11. The van der Waals surface area contributed by atoms with Crippen LogP contribution in [0.5, 0.6) is 0 Å². The van der Waals surface area contributed by atoms with Gasteiger partial charge in [-0.3, -0.25) is 4.90 Å². The quantitative estimate of drug-likeness (QED) is 0.454. The van der Waals surface area contributed by atoms with Crippen molar-refractivity contribution in [3.05, 3.63) is 22.4 Å². The molecule has 3 fully saturated rings. The predicted molar refractivity (Wildman–Crippen MR) is 134 cm³/mol. The van der Waals surface area contributed by atoms with Crippen molar-refractivity contribution in [2.75, 3.05) is 59.7 Å². The van der Waals surface area contributed by atoms with Crippen LogP contribution in [0.3, 0.4) is 0 Å². The Morgan fingerprint density at radius 2 is 1.60 bits per heavy atom. The molecule has 1 aromatic heterocycles. The molecule has 3 aliphatic rings. The van der Waals surface area contributed by atoms with Crippen molar-refractivity contribution in [3.63, 3.8) is 0 Å². The summed E-state index contributed by atoms with van der Waals surface area (Å²) in [6.45, 7) is 10.2. The second-order valence-electron chi connectivity index (χ2n) is 10.2. The van der Waals surface area contributed by atoms with Crippen molar-refractivity contribution in [3.8, 4) is 0 Å². The lowest BCUT2D eigenvalue weighted by atomic mass is 9.71. The van der Waals surface area contributed by atoms with Gasteiger partial charge in [-0.05, 0) is 61.6 Å². The van der Waals surface area contributed by atoms with E-state index in [0.717, 1.165) is 32.3 Å². The van der Waals surface area contributed by atoms with Gasteiger partial charge >= 0.3 is 24.3 Å². The number of nitrogens with zero attached hydrogens (tertiary/aromatic N) is 2. The summed E-state index contributed by atoms with van der Waals surface area (Å²) in [6.07, 6.45) is -4.98. The summed E-state index contributed by atoms with van der Waals surface area (Å²) in [6, 6.07) is 4.45. The molecule has 0 bridgehead atoms. The Labute approximate surface area is 232 Å². The third-order valence-corrected chi connectivity index (χ3v) is 8.27. The molecule has 230 valence electrons. The van der Waals surface area contributed by atoms with Crippen molar-refractivity contribution in [2.24, 2.45) is 17.3 Å². The molecular formula is C25H36F6N2O6S. The second kappa shape index (κ2) is 15.3. The second-order valence-corrected chi connectivity index (χ2v) is 11.3. The zero-order valence-corrected chi connectivity index (χ0v) is 23.0. The maximum Gasteiger partial charge on any atom is 0.490 e. The first-order valence-electron chi connectivity index (χ1n) is 12.8. The van der Waals surface area contributed by atoms with Crippen LogP contribution in [0.2, 0.25) is 0 Å². The number of hydrogen-bond acceptors (Lipinski definition) is 7. The molecule has 0 aliphatic carbocycles. The van der Waals surface area contributed by atoms with Gasteiger partial charge in [-0.25, -0.2) is 9.59 Å². The standard InChI is InChI=1S/C21H34N2O2S.2C2HF3O2/c1-24-16-19-14-23(15-20-3-2-12-26-20)17-21(19)6-8-22(9-7-21)13-18-4-10-25-11-5-18;2*3-2(4,5)1(6)7/h2-3,12,18-19H,4-11,13-17H2,1H3;2*(H,6,7). The van der Waals surface area contributed by atoms with Gasteiger partial charge in [0.15, 0.2) is 0 Å². The highest BCUT2D eigenvalue weighted by atomic mass is 32.1. The van der Waals surface area contributed by atoms with Crippen LogP contribution in [0, 0.1) is 17.3 Å². The molecule has 15 heteroatoms. The number of rotatable bonds is 6. The average Bonchev–Trinajstić information content (AvgIpc) is 3.49. The normalized spacial score (nSPS) is 22.2.